The Balaban J connectivity index is 2.03. The molecule has 1 aliphatic heterocycles. The Morgan fingerprint density at radius 3 is 2.85 bits per heavy atom. The van der Waals surface area contributed by atoms with Gasteiger partial charge in [0.25, 0.3) is 0 Å². The average Bonchev–Trinajstić information content (AvgIpc) is 2.89. The summed E-state index contributed by atoms with van der Waals surface area (Å²) in [5.74, 6) is -1.56. The van der Waals surface area contributed by atoms with Gasteiger partial charge in [0.1, 0.15) is 5.82 Å². The summed E-state index contributed by atoms with van der Waals surface area (Å²) in [5.41, 5.74) is 0.651. The van der Waals surface area contributed by atoms with Gasteiger partial charge in [0.2, 0.25) is 0 Å². The summed E-state index contributed by atoms with van der Waals surface area (Å²) in [6, 6.07) is 6.57. The lowest BCUT2D eigenvalue weighted by Crippen LogP contribution is -2.46. The van der Waals surface area contributed by atoms with Crippen LogP contribution in [0.1, 0.15) is 12.5 Å². The number of ether oxygens (including phenoxy) is 1. The van der Waals surface area contributed by atoms with Gasteiger partial charge in [-0.15, -0.1) is 0 Å². The molecule has 1 N–H and O–H groups in total. The standard InChI is InChI=1S/C15H20FNO3/c1-10(7-11-5-3-4-6-13(11)16)17(2)14-9-20-8-12(14)15(18)19/h3-6,10,12,14H,7-9H2,1-2H3,(H,18,19). The second-order valence-corrected chi connectivity index (χ2v) is 5.36. The lowest BCUT2D eigenvalue weighted by molar-refractivity contribution is -0.143. The highest BCUT2D eigenvalue weighted by molar-refractivity contribution is 5.71. The van der Waals surface area contributed by atoms with Crippen molar-refractivity contribution in [2.45, 2.75) is 25.4 Å². The van der Waals surface area contributed by atoms with Crippen molar-refractivity contribution in [3.05, 3.63) is 35.6 Å². The van der Waals surface area contributed by atoms with Crippen molar-refractivity contribution in [1.82, 2.24) is 4.90 Å². The Labute approximate surface area is 118 Å². The van der Waals surface area contributed by atoms with Gasteiger partial charge in [0.05, 0.1) is 19.1 Å². The van der Waals surface area contributed by atoms with E-state index < -0.39 is 11.9 Å². The van der Waals surface area contributed by atoms with Crippen LogP contribution in [0, 0.1) is 11.7 Å². The summed E-state index contributed by atoms with van der Waals surface area (Å²) in [7, 11) is 1.88. The van der Waals surface area contributed by atoms with Crippen molar-refractivity contribution in [1.29, 1.82) is 0 Å². The predicted octanol–water partition coefficient (Wildman–Crippen LogP) is 1.79. The van der Waals surface area contributed by atoms with Crippen LogP contribution in [0.5, 0.6) is 0 Å². The molecular formula is C15H20FNO3. The number of benzene rings is 1. The highest BCUT2D eigenvalue weighted by Gasteiger charge is 2.38. The minimum Gasteiger partial charge on any atom is -0.481 e. The van der Waals surface area contributed by atoms with E-state index in [0.717, 1.165) is 0 Å². The van der Waals surface area contributed by atoms with Crippen LogP contribution in [-0.4, -0.2) is 48.3 Å². The minimum absolute atomic E-state index is 0.0421. The first-order chi connectivity index (χ1) is 9.50. The second kappa shape index (κ2) is 6.33. The van der Waals surface area contributed by atoms with Crippen LogP contribution in [0.4, 0.5) is 4.39 Å². The van der Waals surface area contributed by atoms with E-state index in [-0.39, 0.29) is 24.5 Å². The Bertz CT molecular complexity index is 480. The summed E-state index contributed by atoms with van der Waals surface area (Å²) < 4.78 is 18.9. The van der Waals surface area contributed by atoms with E-state index in [1.54, 1.807) is 12.1 Å². The number of carbonyl (C=O) groups is 1. The first-order valence-electron chi connectivity index (χ1n) is 6.76. The summed E-state index contributed by atoms with van der Waals surface area (Å²) >= 11 is 0. The molecule has 0 saturated carbocycles. The van der Waals surface area contributed by atoms with Crippen LogP contribution < -0.4 is 0 Å². The second-order valence-electron chi connectivity index (χ2n) is 5.36. The topological polar surface area (TPSA) is 49.8 Å². The largest absolute Gasteiger partial charge is 0.481 e. The van der Waals surface area contributed by atoms with E-state index in [4.69, 9.17) is 4.74 Å². The molecular weight excluding hydrogens is 261 g/mol. The molecule has 1 aliphatic rings. The van der Waals surface area contributed by atoms with Gasteiger partial charge in [-0.3, -0.25) is 9.69 Å². The maximum atomic E-state index is 13.7. The zero-order chi connectivity index (χ0) is 14.7. The van der Waals surface area contributed by atoms with E-state index in [1.807, 2.05) is 24.9 Å². The van der Waals surface area contributed by atoms with Crippen LogP contribution in [0.2, 0.25) is 0 Å². The number of carboxylic acids is 1. The molecule has 1 fully saturated rings. The monoisotopic (exact) mass is 281 g/mol. The molecule has 0 amide bonds. The fourth-order valence-corrected chi connectivity index (χ4v) is 2.63. The van der Waals surface area contributed by atoms with Gasteiger partial charge < -0.3 is 9.84 Å². The molecule has 20 heavy (non-hydrogen) atoms. The highest BCUT2D eigenvalue weighted by atomic mass is 19.1. The molecule has 1 aromatic carbocycles. The molecule has 2 rings (SSSR count). The average molecular weight is 281 g/mol. The predicted molar refractivity (Wildman–Crippen MR) is 73.1 cm³/mol. The number of halogens is 1. The summed E-state index contributed by atoms with van der Waals surface area (Å²) in [5, 5.41) is 9.18. The lowest BCUT2D eigenvalue weighted by Gasteiger charge is -2.32. The van der Waals surface area contributed by atoms with Crippen LogP contribution in [0.15, 0.2) is 24.3 Å². The summed E-state index contributed by atoms with van der Waals surface area (Å²) in [6.45, 7) is 2.63. The molecule has 0 aliphatic carbocycles. The van der Waals surface area contributed by atoms with Crippen LogP contribution in [0.3, 0.4) is 0 Å². The third kappa shape index (κ3) is 3.16. The van der Waals surface area contributed by atoms with Gasteiger partial charge in [-0.2, -0.15) is 0 Å². The van der Waals surface area contributed by atoms with E-state index in [0.29, 0.717) is 18.6 Å². The molecule has 110 valence electrons. The zero-order valence-electron chi connectivity index (χ0n) is 11.8. The van der Waals surface area contributed by atoms with Gasteiger partial charge >= 0.3 is 5.97 Å². The first kappa shape index (κ1) is 14.9. The van der Waals surface area contributed by atoms with E-state index in [2.05, 4.69) is 0 Å². The first-order valence-corrected chi connectivity index (χ1v) is 6.76. The molecule has 3 atom stereocenters. The number of likely N-dealkylation sites (N-methyl/N-ethyl adjacent to an activating group) is 1. The number of hydrogen-bond donors (Lipinski definition) is 1. The normalized spacial score (nSPS) is 24.0. The number of hydrogen-bond acceptors (Lipinski definition) is 3. The molecule has 5 heteroatoms. The lowest BCUT2D eigenvalue weighted by atomic mass is 9.99. The van der Waals surface area contributed by atoms with E-state index in [1.165, 1.54) is 6.07 Å². The van der Waals surface area contributed by atoms with E-state index in [9.17, 15) is 14.3 Å². The van der Waals surface area contributed by atoms with Gasteiger partial charge in [-0.05, 0) is 32.0 Å². The van der Waals surface area contributed by atoms with Crippen molar-refractivity contribution in [2.75, 3.05) is 20.3 Å². The third-order valence-electron chi connectivity index (χ3n) is 4.06. The molecule has 3 unspecified atom stereocenters. The van der Waals surface area contributed by atoms with Crippen molar-refractivity contribution < 1.29 is 19.0 Å². The smallest absolute Gasteiger partial charge is 0.310 e. The number of nitrogens with zero attached hydrogens (tertiary/aromatic N) is 1. The number of carboxylic acid groups (broad SMARTS) is 1. The third-order valence-corrected chi connectivity index (χ3v) is 4.06. The maximum absolute atomic E-state index is 13.7. The van der Waals surface area contributed by atoms with E-state index >= 15 is 0 Å². The number of rotatable bonds is 5. The highest BCUT2D eigenvalue weighted by Crippen LogP contribution is 2.22. The Morgan fingerprint density at radius 2 is 2.20 bits per heavy atom. The van der Waals surface area contributed by atoms with Gasteiger partial charge in [0, 0.05) is 12.1 Å². The molecule has 0 aromatic heterocycles. The van der Waals surface area contributed by atoms with Crippen molar-refractivity contribution in [2.24, 2.45) is 5.92 Å². The SMILES string of the molecule is CC(Cc1ccccc1F)N(C)C1COCC1C(=O)O. The Kier molecular flexibility index (Phi) is 4.73. The van der Waals surface area contributed by atoms with Crippen LogP contribution in [-0.2, 0) is 16.0 Å². The van der Waals surface area contributed by atoms with Crippen molar-refractivity contribution in [3.8, 4) is 0 Å². The van der Waals surface area contributed by atoms with Crippen LogP contribution >= 0.6 is 0 Å². The summed E-state index contributed by atoms with van der Waals surface area (Å²) in [4.78, 5) is 13.2. The maximum Gasteiger partial charge on any atom is 0.310 e. The molecule has 1 heterocycles. The molecule has 0 radical (unpaired) electrons. The van der Waals surface area contributed by atoms with Gasteiger partial charge in [0.15, 0.2) is 0 Å². The fourth-order valence-electron chi connectivity index (χ4n) is 2.63. The molecule has 4 nitrogen and oxygen atoms in total. The fraction of sp³-hybridized carbons (Fsp3) is 0.533. The Morgan fingerprint density at radius 1 is 1.50 bits per heavy atom. The Hall–Kier alpha value is -1.46. The van der Waals surface area contributed by atoms with Gasteiger partial charge in [-0.1, -0.05) is 18.2 Å². The molecule has 1 aromatic rings. The van der Waals surface area contributed by atoms with Gasteiger partial charge in [-0.25, -0.2) is 4.39 Å². The molecule has 1 saturated heterocycles. The van der Waals surface area contributed by atoms with Crippen molar-refractivity contribution in [3.63, 3.8) is 0 Å². The summed E-state index contributed by atoms with van der Waals surface area (Å²) in [6.07, 6.45) is 0.548. The zero-order valence-corrected chi connectivity index (χ0v) is 11.8. The molecule has 0 spiro atoms. The van der Waals surface area contributed by atoms with Crippen molar-refractivity contribution >= 4 is 5.97 Å². The van der Waals surface area contributed by atoms with Crippen LogP contribution in [0.25, 0.3) is 0 Å². The minimum atomic E-state index is -0.836. The quantitative estimate of drug-likeness (QED) is 0.894. The number of aliphatic carboxylic acids is 1. The molecule has 0 bridgehead atoms.